The van der Waals surface area contributed by atoms with Crippen LogP contribution in [0.2, 0.25) is 0 Å². The number of anilines is 1. The minimum atomic E-state index is 0.0994. The highest BCUT2D eigenvalue weighted by Gasteiger charge is 2.27. The normalized spacial score (nSPS) is 21.1. The van der Waals surface area contributed by atoms with Crippen LogP contribution >= 0.6 is 0 Å². The average Bonchev–Trinajstić information content (AvgIpc) is 2.59. The van der Waals surface area contributed by atoms with Crippen molar-refractivity contribution in [3.63, 3.8) is 0 Å². The van der Waals surface area contributed by atoms with E-state index in [4.69, 9.17) is 0 Å². The summed E-state index contributed by atoms with van der Waals surface area (Å²) in [6, 6.07) is 8.54. The molecule has 1 aromatic rings. The molecule has 1 heterocycles. The van der Waals surface area contributed by atoms with Gasteiger partial charge in [0.05, 0.1) is 0 Å². The minimum absolute atomic E-state index is 0.0994. The third-order valence-corrected chi connectivity index (χ3v) is 3.04. The van der Waals surface area contributed by atoms with Gasteiger partial charge in [0.25, 0.3) is 0 Å². The molecule has 74 valence electrons. The first-order valence-corrected chi connectivity index (χ1v) is 5.03. The highest BCUT2D eigenvalue weighted by molar-refractivity contribution is 5.79. The Morgan fingerprint density at radius 2 is 2.21 bits per heavy atom. The predicted molar refractivity (Wildman–Crippen MR) is 57.4 cm³/mol. The summed E-state index contributed by atoms with van der Waals surface area (Å²) in [7, 11) is 0. The van der Waals surface area contributed by atoms with Crippen molar-refractivity contribution < 1.29 is 4.79 Å². The lowest BCUT2D eigenvalue weighted by molar-refractivity contribution is -0.120. The summed E-state index contributed by atoms with van der Waals surface area (Å²) < 4.78 is 0. The summed E-state index contributed by atoms with van der Waals surface area (Å²) in [6.45, 7) is 3.65. The van der Waals surface area contributed by atoms with Gasteiger partial charge in [0.1, 0.15) is 5.78 Å². The molecule has 1 aliphatic rings. The van der Waals surface area contributed by atoms with Gasteiger partial charge in [-0.25, -0.2) is 0 Å². The van der Waals surface area contributed by atoms with Crippen molar-refractivity contribution in [3.05, 3.63) is 29.8 Å². The molecule has 2 rings (SSSR count). The van der Waals surface area contributed by atoms with E-state index in [0.717, 1.165) is 6.42 Å². The second-order valence-corrected chi connectivity index (χ2v) is 4.01. The maximum atomic E-state index is 11.2. The van der Waals surface area contributed by atoms with E-state index in [-0.39, 0.29) is 17.7 Å². The first kappa shape index (κ1) is 9.25. The van der Waals surface area contributed by atoms with Crippen molar-refractivity contribution in [3.8, 4) is 0 Å². The van der Waals surface area contributed by atoms with Crippen molar-refractivity contribution in [2.45, 2.75) is 26.3 Å². The standard InChI is InChI=1S/C12H15NO/c1-8(9(2)14)12-7-10-5-3-4-6-11(10)13-12/h3-6,8,12-13H,7H2,1-2H3. The number of hydrogen-bond donors (Lipinski definition) is 1. The van der Waals surface area contributed by atoms with Crippen LogP contribution in [0.25, 0.3) is 0 Å². The van der Waals surface area contributed by atoms with Crippen LogP contribution in [0.5, 0.6) is 0 Å². The molecule has 0 amide bonds. The van der Waals surface area contributed by atoms with Crippen molar-refractivity contribution in [2.75, 3.05) is 5.32 Å². The number of rotatable bonds is 2. The van der Waals surface area contributed by atoms with Gasteiger partial charge in [0, 0.05) is 17.6 Å². The molecular weight excluding hydrogens is 174 g/mol. The molecule has 0 bridgehead atoms. The lowest BCUT2D eigenvalue weighted by Crippen LogP contribution is -2.29. The molecule has 1 aliphatic heterocycles. The van der Waals surface area contributed by atoms with Crippen molar-refractivity contribution in [2.24, 2.45) is 5.92 Å². The van der Waals surface area contributed by atoms with Crippen LogP contribution in [0.4, 0.5) is 5.69 Å². The zero-order valence-corrected chi connectivity index (χ0v) is 8.58. The Morgan fingerprint density at radius 3 is 2.86 bits per heavy atom. The van der Waals surface area contributed by atoms with E-state index in [1.165, 1.54) is 11.3 Å². The molecule has 2 heteroatoms. The number of carbonyl (C=O) groups excluding carboxylic acids is 1. The Morgan fingerprint density at radius 1 is 1.50 bits per heavy atom. The molecule has 0 radical (unpaired) electrons. The molecule has 2 nitrogen and oxygen atoms in total. The summed E-state index contributed by atoms with van der Waals surface area (Å²) in [5.74, 6) is 0.359. The number of para-hydroxylation sites is 1. The fourth-order valence-corrected chi connectivity index (χ4v) is 1.91. The number of nitrogens with one attached hydrogen (secondary N) is 1. The van der Waals surface area contributed by atoms with Gasteiger partial charge in [-0.2, -0.15) is 0 Å². The van der Waals surface area contributed by atoms with Crippen LogP contribution in [-0.2, 0) is 11.2 Å². The average molecular weight is 189 g/mol. The van der Waals surface area contributed by atoms with Crippen molar-refractivity contribution in [1.29, 1.82) is 0 Å². The molecule has 0 fully saturated rings. The molecule has 0 aromatic heterocycles. The van der Waals surface area contributed by atoms with E-state index < -0.39 is 0 Å². The van der Waals surface area contributed by atoms with Crippen LogP contribution in [0.3, 0.4) is 0 Å². The number of ketones is 1. The highest BCUT2D eigenvalue weighted by Crippen LogP contribution is 2.28. The maximum Gasteiger partial charge on any atom is 0.134 e. The van der Waals surface area contributed by atoms with E-state index in [1.54, 1.807) is 6.92 Å². The SMILES string of the molecule is CC(=O)C(C)C1Cc2ccccc2N1. The molecule has 0 spiro atoms. The zero-order chi connectivity index (χ0) is 10.1. The second-order valence-electron chi connectivity index (χ2n) is 4.01. The van der Waals surface area contributed by atoms with Crippen molar-refractivity contribution in [1.82, 2.24) is 0 Å². The lowest BCUT2D eigenvalue weighted by Gasteiger charge is -2.16. The van der Waals surface area contributed by atoms with Gasteiger partial charge in [-0.05, 0) is 25.0 Å². The quantitative estimate of drug-likeness (QED) is 0.773. The third kappa shape index (κ3) is 1.52. The number of fused-ring (bicyclic) bond motifs is 1. The molecule has 1 aromatic carbocycles. The predicted octanol–water partition coefficient (Wildman–Crippen LogP) is 2.25. The third-order valence-electron chi connectivity index (χ3n) is 3.04. The number of Topliss-reactive ketones (excluding diaryl/α,β-unsaturated/α-hetero) is 1. The van der Waals surface area contributed by atoms with Crippen LogP contribution in [0, 0.1) is 5.92 Å². The first-order valence-electron chi connectivity index (χ1n) is 5.03. The van der Waals surface area contributed by atoms with E-state index in [9.17, 15) is 4.79 Å². The number of carbonyl (C=O) groups is 1. The Kier molecular flexibility index (Phi) is 2.28. The lowest BCUT2D eigenvalue weighted by atomic mass is 9.95. The fourth-order valence-electron chi connectivity index (χ4n) is 1.91. The van der Waals surface area contributed by atoms with Crippen LogP contribution in [0.1, 0.15) is 19.4 Å². The number of benzene rings is 1. The van der Waals surface area contributed by atoms with E-state index in [2.05, 4.69) is 17.4 Å². The molecule has 0 saturated heterocycles. The minimum Gasteiger partial charge on any atom is -0.381 e. The highest BCUT2D eigenvalue weighted by atomic mass is 16.1. The summed E-state index contributed by atoms with van der Waals surface area (Å²) in [5.41, 5.74) is 2.51. The topological polar surface area (TPSA) is 29.1 Å². The second kappa shape index (κ2) is 3.45. The van der Waals surface area contributed by atoms with Gasteiger partial charge >= 0.3 is 0 Å². The van der Waals surface area contributed by atoms with E-state index >= 15 is 0 Å². The van der Waals surface area contributed by atoms with Crippen LogP contribution < -0.4 is 5.32 Å². The Labute approximate surface area is 84.3 Å². The molecule has 0 saturated carbocycles. The van der Waals surface area contributed by atoms with E-state index in [0.29, 0.717) is 0 Å². The summed E-state index contributed by atoms with van der Waals surface area (Å²) in [6.07, 6.45) is 0.969. The first-order chi connectivity index (χ1) is 6.68. The van der Waals surface area contributed by atoms with Crippen molar-refractivity contribution >= 4 is 11.5 Å². The molecule has 1 N–H and O–H groups in total. The summed E-state index contributed by atoms with van der Waals surface area (Å²) in [4.78, 5) is 11.2. The van der Waals surface area contributed by atoms with Gasteiger partial charge < -0.3 is 5.32 Å². The summed E-state index contributed by atoms with van der Waals surface area (Å²) in [5, 5.41) is 3.39. The van der Waals surface area contributed by atoms with Gasteiger partial charge in [-0.3, -0.25) is 4.79 Å². The largest absolute Gasteiger partial charge is 0.381 e. The maximum absolute atomic E-state index is 11.2. The smallest absolute Gasteiger partial charge is 0.134 e. The molecule has 2 unspecified atom stereocenters. The van der Waals surface area contributed by atoms with Gasteiger partial charge in [-0.1, -0.05) is 25.1 Å². The Balaban J connectivity index is 2.15. The molecule has 0 aliphatic carbocycles. The molecule has 14 heavy (non-hydrogen) atoms. The van der Waals surface area contributed by atoms with Gasteiger partial charge in [-0.15, -0.1) is 0 Å². The number of hydrogen-bond acceptors (Lipinski definition) is 2. The molecule has 2 atom stereocenters. The van der Waals surface area contributed by atoms with Crippen LogP contribution in [0.15, 0.2) is 24.3 Å². The molecular formula is C12H15NO. The Bertz CT molecular complexity index is 334. The summed E-state index contributed by atoms with van der Waals surface area (Å²) >= 11 is 0. The van der Waals surface area contributed by atoms with Crippen LogP contribution in [-0.4, -0.2) is 11.8 Å². The zero-order valence-electron chi connectivity index (χ0n) is 8.58. The fraction of sp³-hybridized carbons (Fsp3) is 0.417. The van der Waals surface area contributed by atoms with Gasteiger partial charge in [0.2, 0.25) is 0 Å². The van der Waals surface area contributed by atoms with Gasteiger partial charge in [0.15, 0.2) is 0 Å². The monoisotopic (exact) mass is 189 g/mol. The Hall–Kier alpha value is -1.31. The van der Waals surface area contributed by atoms with E-state index in [1.807, 2.05) is 19.1 Å².